The van der Waals surface area contributed by atoms with Gasteiger partial charge in [-0.3, -0.25) is 4.79 Å². The van der Waals surface area contributed by atoms with Crippen LogP contribution < -0.4 is 0 Å². The summed E-state index contributed by atoms with van der Waals surface area (Å²) in [5.41, 5.74) is -0.647. The van der Waals surface area contributed by atoms with Crippen LogP contribution in [0.1, 0.15) is 60.3 Å². The van der Waals surface area contributed by atoms with Crippen molar-refractivity contribution in [3.8, 4) is 0 Å². The summed E-state index contributed by atoms with van der Waals surface area (Å²) in [6, 6.07) is 0.551. The van der Waals surface area contributed by atoms with Gasteiger partial charge in [-0.2, -0.15) is 0 Å². The largest absolute Gasteiger partial charge is 0.371 e. The molecule has 0 spiro atoms. The maximum absolute atomic E-state index is 12.0. The molecule has 0 rings (SSSR count). The van der Waals surface area contributed by atoms with Gasteiger partial charge in [0.25, 0.3) is 0 Å². The van der Waals surface area contributed by atoms with E-state index in [2.05, 4.69) is 25.7 Å². The van der Waals surface area contributed by atoms with Gasteiger partial charge in [-0.25, -0.2) is 0 Å². The molecule has 1 unspecified atom stereocenters. The fourth-order valence-electron chi connectivity index (χ4n) is 1.83. The Balaban J connectivity index is 4.29. The molecule has 0 aromatic rings. The van der Waals surface area contributed by atoms with E-state index in [1.807, 2.05) is 13.8 Å². The van der Waals surface area contributed by atoms with Crippen LogP contribution in [0.2, 0.25) is 0 Å². The molecule has 1 atom stereocenters. The Hall–Kier alpha value is -0.410. The lowest BCUT2D eigenvalue weighted by Gasteiger charge is -2.29. The highest BCUT2D eigenvalue weighted by Crippen LogP contribution is 2.13. The number of hydrogen-bond donors (Lipinski definition) is 0. The number of nitrogens with zero attached hydrogens (tertiary/aromatic N) is 1. The van der Waals surface area contributed by atoms with Crippen molar-refractivity contribution in [1.82, 2.24) is 4.90 Å². The SMILES string of the molecule is CCCCN(CCC(=O)C(C)(C)OC)C(C)CC. The summed E-state index contributed by atoms with van der Waals surface area (Å²) in [5.74, 6) is 0.190. The molecule has 0 amide bonds. The van der Waals surface area contributed by atoms with Crippen LogP contribution in [0.3, 0.4) is 0 Å². The smallest absolute Gasteiger partial charge is 0.165 e. The van der Waals surface area contributed by atoms with E-state index < -0.39 is 5.60 Å². The first-order chi connectivity index (χ1) is 8.38. The molecule has 0 aliphatic heterocycles. The van der Waals surface area contributed by atoms with E-state index in [0.717, 1.165) is 19.5 Å². The van der Waals surface area contributed by atoms with Crippen molar-refractivity contribution >= 4 is 5.78 Å². The second-order valence-electron chi connectivity index (χ2n) is 5.53. The van der Waals surface area contributed by atoms with Gasteiger partial charge < -0.3 is 9.64 Å². The Bertz CT molecular complexity index is 239. The highest BCUT2D eigenvalue weighted by Gasteiger charge is 2.27. The standard InChI is InChI=1S/C15H31NO2/c1-7-9-11-16(13(3)8-2)12-10-14(17)15(4,5)18-6/h13H,7-12H2,1-6H3. The van der Waals surface area contributed by atoms with Gasteiger partial charge in [0.1, 0.15) is 5.60 Å². The zero-order valence-electron chi connectivity index (χ0n) is 13.1. The van der Waals surface area contributed by atoms with E-state index in [0.29, 0.717) is 12.5 Å². The van der Waals surface area contributed by atoms with Crippen molar-refractivity contribution in [3.05, 3.63) is 0 Å². The zero-order valence-corrected chi connectivity index (χ0v) is 13.1. The fraction of sp³-hybridized carbons (Fsp3) is 0.933. The molecule has 18 heavy (non-hydrogen) atoms. The van der Waals surface area contributed by atoms with Gasteiger partial charge in [-0.1, -0.05) is 20.3 Å². The first kappa shape index (κ1) is 17.6. The minimum Gasteiger partial charge on any atom is -0.371 e. The molecule has 0 radical (unpaired) electrons. The van der Waals surface area contributed by atoms with Crippen LogP contribution in [0.5, 0.6) is 0 Å². The maximum Gasteiger partial charge on any atom is 0.165 e. The van der Waals surface area contributed by atoms with E-state index >= 15 is 0 Å². The van der Waals surface area contributed by atoms with Crippen LogP contribution in [0.4, 0.5) is 0 Å². The molecular weight excluding hydrogens is 226 g/mol. The number of unbranched alkanes of at least 4 members (excludes halogenated alkanes) is 1. The number of carbonyl (C=O) groups excluding carboxylic acids is 1. The number of rotatable bonds is 10. The predicted octanol–water partition coefficient (Wildman–Crippen LogP) is 3.27. The molecule has 3 heteroatoms. The van der Waals surface area contributed by atoms with Gasteiger partial charge in [-0.15, -0.1) is 0 Å². The minimum absolute atomic E-state index is 0.190. The molecule has 0 aromatic heterocycles. The summed E-state index contributed by atoms with van der Waals surface area (Å²) in [4.78, 5) is 14.5. The number of hydrogen-bond acceptors (Lipinski definition) is 3. The van der Waals surface area contributed by atoms with Gasteiger partial charge in [0.15, 0.2) is 5.78 Å². The summed E-state index contributed by atoms with van der Waals surface area (Å²) in [6.45, 7) is 12.3. The average Bonchev–Trinajstić information content (AvgIpc) is 2.37. The van der Waals surface area contributed by atoms with Crippen LogP contribution in [-0.2, 0) is 9.53 Å². The summed E-state index contributed by atoms with van der Waals surface area (Å²) in [6.07, 6.45) is 4.11. The van der Waals surface area contributed by atoms with Gasteiger partial charge >= 0.3 is 0 Å². The minimum atomic E-state index is -0.647. The first-order valence-electron chi connectivity index (χ1n) is 7.21. The molecule has 0 N–H and O–H groups in total. The lowest BCUT2D eigenvalue weighted by Crippen LogP contribution is -2.39. The normalized spacial score (nSPS) is 13.9. The monoisotopic (exact) mass is 257 g/mol. The van der Waals surface area contributed by atoms with Gasteiger partial charge in [0, 0.05) is 26.1 Å². The number of methoxy groups -OCH3 is 1. The average molecular weight is 257 g/mol. The van der Waals surface area contributed by atoms with E-state index in [9.17, 15) is 4.79 Å². The highest BCUT2D eigenvalue weighted by molar-refractivity contribution is 5.86. The van der Waals surface area contributed by atoms with E-state index in [-0.39, 0.29) is 5.78 Å². The Kier molecular flexibility index (Phi) is 8.45. The van der Waals surface area contributed by atoms with Crippen molar-refractivity contribution in [1.29, 1.82) is 0 Å². The van der Waals surface area contributed by atoms with Gasteiger partial charge in [0.2, 0.25) is 0 Å². The molecular formula is C15H31NO2. The molecule has 0 bridgehead atoms. The first-order valence-corrected chi connectivity index (χ1v) is 7.21. The van der Waals surface area contributed by atoms with Crippen molar-refractivity contribution < 1.29 is 9.53 Å². The third-order valence-corrected chi connectivity index (χ3v) is 3.82. The van der Waals surface area contributed by atoms with Crippen molar-refractivity contribution in [2.75, 3.05) is 20.2 Å². The molecule has 0 aliphatic carbocycles. The maximum atomic E-state index is 12.0. The molecule has 0 heterocycles. The Labute approximate surface area is 113 Å². The fourth-order valence-corrected chi connectivity index (χ4v) is 1.83. The second kappa shape index (κ2) is 8.65. The second-order valence-corrected chi connectivity index (χ2v) is 5.53. The number of ether oxygens (including phenoxy) is 1. The van der Waals surface area contributed by atoms with Gasteiger partial charge in [0.05, 0.1) is 0 Å². The van der Waals surface area contributed by atoms with Crippen LogP contribution in [-0.4, -0.2) is 42.5 Å². The summed E-state index contributed by atoms with van der Waals surface area (Å²) < 4.78 is 5.23. The summed E-state index contributed by atoms with van der Waals surface area (Å²) >= 11 is 0. The van der Waals surface area contributed by atoms with Crippen LogP contribution in [0.25, 0.3) is 0 Å². The summed E-state index contributed by atoms with van der Waals surface area (Å²) in [7, 11) is 1.60. The van der Waals surface area contributed by atoms with Crippen molar-refractivity contribution in [2.24, 2.45) is 0 Å². The quantitative estimate of drug-likeness (QED) is 0.601. The molecule has 0 saturated carbocycles. The van der Waals surface area contributed by atoms with Crippen molar-refractivity contribution in [2.45, 2.75) is 71.9 Å². The van der Waals surface area contributed by atoms with Crippen LogP contribution in [0.15, 0.2) is 0 Å². The number of carbonyl (C=O) groups is 1. The van der Waals surface area contributed by atoms with Gasteiger partial charge in [-0.05, 0) is 40.2 Å². The Morgan fingerprint density at radius 2 is 1.89 bits per heavy atom. The van der Waals surface area contributed by atoms with Crippen molar-refractivity contribution in [3.63, 3.8) is 0 Å². The third-order valence-electron chi connectivity index (χ3n) is 3.82. The third kappa shape index (κ3) is 5.96. The van der Waals surface area contributed by atoms with Crippen LogP contribution >= 0.6 is 0 Å². The van der Waals surface area contributed by atoms with E-state index in [1.165, 1.54) is 12.8 Å². The molecule has 3 nitrogen and oxygen atoms in total. The lowest BCUT2D eigenvalue weighted by atomic mass is 10.00. The van der Waals surface area contributed by atoms with Crippen LogP contribution in [0, 0.1) is 0 Å². The molecule has 108 valence electrons. The molecule has 0 aliphatic rings. The molecule has 0 fully saturated rings. The molecule has 0 aromatic carbocycles. The topological polar surface area (TPSA) is 29.5 Å². The Morgan fingerprint density at radius 3 is 2.33 bits per heavy atom. The number of ketones is 1. The molecule has 0 saturated heterocycles. The predicted molar refractivity (Wildman–Crippen MR) is 76.9 cm³/mol. The summed E-state index contributed by atoms with van der Waals surface area (Å²) in [5, 5.41) is 0. The van der Waals surface area contributed by atoms with E-state index in [4.69, 9.17) is 4.74 Å². The highest BCUT2D eigenvalue weighted by atomic mass is 16.5. The Morgan fingerprint density at radius 1 is 1.28 bits per heavy atom. The van der Waals surface area contributed by atoms with E-state index in [1.54, 1.807) is 7.11 Å². The zero-order chi connectivity index (χ0) is 14.2. The number of Topliss-reactive ketones (excluding diaryl/α,β-unsaturated/α-hetero) is 1. The lowest BCUT2D eigenvalue weighted by molar-refractivity contribution is -0.137.